The van der Waals surface area contributed by atoms with Crippen molar-refractivity contribution in [2.75, 3.05) is 13.2 Å². The lowest BCUT2D eigenvalue weighted by Crippen LogP contribution is -2.23. The van der Waals surface area contributed by atoms with E-state index in [4.69, 9.17) is 9.47 Å². The van der Waals surface area contributed by atoms with Gasteiger partial charge in [-0.2, -0.15) is 0 Å². The average Bonchev–Trinajstić information content (AvgIpc) is 2.58. The summed E-state index contributed by atoms with van der Waals surface area (Å²) in [7, 11) is 0. The molecule has 1 aliphatic carbocycles. The second kappa shape index (κ2) is 4.95. The zero-order chi connectivity index (χ0) is 10.7. The molecule has 0 bridgehead atoms. The van der Waals surface area contributed by atoms with E-state index in [2.05, 4.69) is 19.9 Å². The van der Waals surface area contributed by atoms with Crippen LogP contribution in [0.5, 0.6) is 0 Å². The van der Waals surface area contributed by atoms with Gasteiger partial charge in [-0.1, -0.05) is 11.6 Å². The molecule has 0 radical (unpaired) electrons. The average molecular weight is 208 g/mol. The van der Waals surface area contributed by atoms with Gasteiger partial charge in [0.15, 0.2) is 6.29 Å². The maximum Gasteiger partial charge on any atom is 0.158 e. The molecular weight excluding hydrogens is 188 g/mol. The van der Waals surface area contributed by atoms with Crippen LogP contribution in [0.4, 0.5) is 0 Å². The Labute approximate surface area is 92.0 Å². The van der Waals surface area contributed by atoms with Gasteiger partial charge in [-0.3, -0.25) is 0 Å². The zero-order valence-electron chi connectivity index (χ0n) is 9.71. The first kappa shape index (κ1) is 10.9. The third kappa shape index (κ3) is 2.70. The molecule has 1 fully saturated rings. The molecule has 2 nitrogen and oxygen atoms in total. The van der Waals surface area contributed by atoms with E-state index in [1.54, 1.807) is 0 Å². The first-order valence-electron chi connectivity index (χ1n) is 5.86. The van der Waals surface area contributed by atoms with Crippen LogP contribution in [0.2, 0.25) is 0 Å². The summed E-state index contributed by atoms with van der Waals surface area (Å²) in [6, 6.07) is 0. The Kier molecular flexibility index (Phi) is 3.60. The Morgan fingerprint density at radius 3 is 2.87 bits per heavy atom. The highest BCUT2D eigenvalue weighted by Crippen LogP contribution is 2.26. The maximum absolute atomic E-state index is 5.79. The van der Waals surface area contributed by atoms with E-state index < -0.39 is 0 Å². The van der Waals surface area contributed by atoms with E-state index in [9.17, 15) is 0 Å². The zero-order valence-corrected chi connectivity index (χ0v) is 9.71. The number of ether oxygens (including phenoxy) is 2. The van der Waals surface area contributed by atoms with E-state index in [0.29, 0.717) is 0 Å². The largest absolute Gasteiger partial charge is 0.353 e. The molecule has 1 unspecified atom stereocenters. The summed E-state index contributed by atoms with van der Waals surface area (Å²) in [6.45, 7) is 5.93. The minimum atomic E-state index is 0.0347. The molecule has 0 aromatic carbocycles. The summed E-state index contributed by atoms with van der Waals surface area (Å²) in [4.78, 5) is 0. The molecule has 0 saturated carbocycles. The molecule has 84 valence electrons. The van der Waals surface area contributed by atoms with Crippen LogP contribution in [0.1, 0.15) is 39.5 Å². The summed E-state index contributed by atoms with van der Waals surface area (Å²) in [5, 5.41) is 0. The van der Waals surface area contributed by atoms with Crippen molar-refractivity contribution < 1.29 is 9.47 Å². The lowest BCUT2D eigenvalue weighted by Gasteiger charge is -2.23. The highest BCUT2D eigenvalue weighted by atomic mass is 16.7. The van der Waals surface area contributed by atoms with E-state index in [1.165, 1.54) is 29.6 Å². The summed E-state index contributed by atoms with van der Waals surface area (Å²) >= 11 is 0. The van der Waals surface area contributed by atoms with Crippen molar-refractivity contribution in [2.24, 2.45) is 0 Å². The van der Waals surface area contributed by atoms with Crippen LogP contribution in [-0.4, -0.2) is 19.5 Å². The van der Waals surface area contributed by atoms with Crippen LogP contribution < -0.4 is 0 Å². The van der Waals surface area contributed by atoms with Crippen molar-refractivity contribution in [3.63, 3.8) is 0 Å². The normalized spacial score (nSPS) is 27.1. The topological polar surface area (TPSA) is 18.5 Å². The SMILES string of the molecule is CC1=CCC(C)=C1COC1CCCCO1. The minimum Gasteiger partial charge on any atom is -0.353 e. The van der Waals surface area contributed by atoms with Crippen molar-refractivity contribution in [3.05, 3.63) is 22.8 Å². The smallest absolute Gasteiger partial charge is 0.158 e. The lowest BCUT2D eigenvalue weighted by atomic mass is 10.1. The van der Waals surface area contributed by atoms with Gasteiger partial charge in [0.05, 0.1) is 6.61 Å². The molecule has 0 aromatic rings. The molecule has 2 rings (SSSR count). The molecule has 1 atom stereocenters. The first-order chi connectivity index (χ1) is 7.27. The van der Waals surface area contributed by atoms with E-state index in [-0.39, 0.29) is 6.29 Å². The summed E-state index contributed by atoms with van der Waals surface area (Å²) in [5.74, 6) is 0. The van der Waals surface area contributed by atoms with Gasteiger partial charge in [-0.05, 0) is 50.7 Å². The number of rotatable bonds is 3. The molecule has 0 aromatic heterocycles. The highest BCUT2D eigenvalue weighted by molar-refractivity contribution is 5.40. The summed E-state index contributed by atoms with van der Waals surface area (Å²) in [5.41, 5.74) is 4.20. The van der Waals surface area contributed by atoms with Crippen molar-refractivity contribution >= 4 is 0 Å². The molecule has 1 saturated heterocycles. The molecule has 0 amide bonds. The van der Waals surface area contributed by atoms with Crippen LogP contribution in [0.25, 0.3) is 0 Å². The van der Waals surface area contributed by atoms with Crippen molar-refractivity contribution in [3.8, 4) is 0 Å². The van der Waals surface area contributed by atoms with Gasteiger partial charge in [-0.15, -0.1) is 0 Å². The molecule has 2 aliphatic rings. The summed E-state index contributed by atoms with van der Waals surface area (Å²) < 4.78 is 11.3. The molecule has 15 heavy (non-hydrogen) atoms. The van der Waals surface area contributed by atoms with Gasteiger partial charge in [0.2, 0.25) is 0 Å². The third-order valence-electron chi connectivity index (χ3n) is 3.26. The van der Waals surface area contributed by atoms with E-state index in [0.717, 1.165) is 26.1 Å². The van der Waals surface area contributed by atoms with Crippen LogP contribution in [-0.2, 0) is 9.47 Å². The monoisotopic (exact) mass is 208 g/mol. The Hall–Kier alpha value is -0.600. The van der Waals surface area contributed by atoms with Crippen LogP contribution >= 0.6 is 0 Å². The quantitative estimate of drug-likeness (QED) is 0.709. The molecule has 0 spiro atoms. The van der Waals surface area contributed by atoms with Crippen molar-refractivity contribution in [1.82, 2.24) is 0 Å². The van der Waals surface area contributed by atoms with Crippen LogP contribution in [0.3, 0.4) is 0 Å². The van der Waals surface area contributed by atoms with Gasteiger partial charge in [0.1, 0.15) is 0 Å². The Balaban J connectivity index is 1.82. The fraction of sp³-hybridized carbons (Fsp3) is 0.692. The Bertz CT molecular complexity index is 283. The van der Waals surface area contributed by atoms with Crippen LogP contribution in [0, 0.1) is 0 Å². The van der Waals surface area contributed by atoms with Crippen LogP contribution in [0.15, 0.2) is 22.8 Å². The van der Waals surface area contributed by atoms with Gasteiger partial charge >= 0.3 is 0 Å². The number of hydrogen-bond acceptors (Lipinski definition) is 2. The standard InChI is InChI=1S/C13H20O2/c1-10-6-7-11(2)12(10)9-15-13-5-3-4-8-14-13/h6,13H,3-5,7-9H2,1-2H3. The van der Waals surface area contributed by atoms with E-state index in [1.807, 2.05) is 0 Å². The van der Waals surface area contributed by atoms with Crippen molar-refractivity contribution in [1.29, 1.82) is 0 Å². The van der Waals surface area contributed by atoms with Gasteiger partial charge in [0.25, 0.3) is 0 Å². The van der Waals surface area contributed by atoms with Crippen molar-refractivity contribution in [2.45, 2.75) is 45.8 Å². The molecular formula is C13H20O2. The maximum atomic E-state index is 5.79. The first-order valence-corrected chi connectivity index (χ1v) is 5.86. The number of allylic oxidation sites excluding steroid dienone is 2. The molecule has 2 heteroatoms. The molecule has 1 heterocycles. The fourth-order valence-corrected chi connectivity index (χ4v) is 2.15. The molecule has 0 N–H and O–H groups in total. The highest BCUT2D eigenvalue weighted by Gasteiger charge is 2.17. The molecule has 1 aliphatic heterocycles. The second-order valence-corrected chi connectivity index (χ2v) is 4.46. The van der Waals surface area contributed by atoms with Gasteiger partial charge in [0, 0.05) is 6.61 Å². The third-order valence-corrected chi connectivity index (χ3v) is 3.26. The predicted octanol–water partition coefficient (Wildman–Crippen LogP) is 3.20. The fourth-order valence-electron chi connectivity index (χ4n) is 2.15. The second-order valence-electron chi connectivity index (χ2n) is 4.46. The van der Waals surface area contributed by atoms with Gasteiger partial charge in [-0.25, -0.2) is 0 Å². The van der Waals surface area contributed by atoms with Gasteiger partial charge < -0.3 is 9.47 Å². The Morgan fingerprint density at radius 2 is 2.27 bits per heavy atom. The lowest BCUT2D eigenvalue weighted by molar-refractivity contribution is -0.156. The minimum absolute atomic E-state index is 0.0347. The summed E-state index contributed by atoms with van der Waals surface area (Å²) in [6.07, 6.45) is 6.87. The predicted molar refractivity (Wildman–Crippen MR) is 60.6 cm³/mol. The number of hydrogen-bond donors (Lipinski definition) is 0. The Morgan fingerprint density at radius 1 is 1.40 bits per heavy atom. The van der Waals surface area contributed by atoms with E-state index >= 15 is 0 Å².